The van der Waals surface area contributed by atoms with Crippen molar-refractivity contribution in [3.63, 3.8) is 0 Å². The van der Waals surface area contributed by atoms with Crippen LogP contribution in [0.5, 0.6) is 5.75 Å². The Morgan fingerprint density at radius 2 is 1.90 bits per heavy atom. The van der Waals surface area contributed by atoms with Gasteiger partial charge in [0.2, 0.25) is 10.0 Å². The average molecular weight is 581 g/mol. The minimum atomic E-state index is -3.97. The number of alkyl halides is 2. The summed E-state index contributed by atoms with van der Waals surface area (Å²) in [6.45, 7) is 3.07. The van der Waals surface area contributed by atoms with Gasteiger partial charge in [-0.3, -0.25) is 4.90 Å². The van der Waals surface area contributed by atoms with Crippen molar-refractivity contribution >= 4 is 36.7 Å². The van der Waals surface area contributed by atoms with E-state index in [0.29, 0.717) is 21.9 Å². The molecule has 0 aliphatic carbocycles. The number of furan rings is 1. The average Bonchev–Trinajstić information content (AvgIpc) is 3.59. The van der Waals surface area contributed by atoms with Crippen LogP contribution in [0.25, 0.3) is 10.2 Å². The minimum Gasteiger partial charge on any atom is -0.468 e. The van der Waals surface area contributed by atoms with Gasteiger partial charge in [-0.25, -0.2) is 18.1 Å². The van der Waals surface area contributed by atoms with Crippen LogP contribution in [0.15, 0.2) is 70.2 Å². The molecule has 9 nitrogen and oxygen atoms in total. The highest BCUT2D eigenvalue weighted by atomic mass is 32.2. The Morgan fingerprint density at radius 3 is 2.59 bits per heavy atom. The van der Waals surface area contributed by atoms with Gasteiger partial charge in [0.1, 0.15) is 11.5 Å². The molecular weight excluding hydrogens is 550 g/mol. The van der Waals surface area contributed by atoms with Crippen LogP contribution in [0.3, 0.4) is 0 Å². The molecule has 0 aliphatic heterocycles. The lowest BCUT2D eigenvalue weighted by atomic mass is 10.1. The molecule has 2 unspecified atom stereocenters. The third kappa shape index (κ3) is 7.31. The third-order valence-electron chi connectivity index (χ3n) is 6.18. The number of hydrogen-bond acceptors (Lipinski definition) is 9. The maximum atomic E-state index is 12.9. The Hall–Kier alpha value is -3.10. The standard InChI is InChI=1S/C26H30F2N4O5S2/c1-3-32(4-2)21(23-9-6-12-36-23)15-29-26-31-20-11-10-19(14-24(20)38-26)39(34,35)30-16-22(33)17-7-5-8-18(13-17)37-25(27)28/h5-14,21-22,25,30,33H,3-4,15-16H2,1-2H3,(H,29,31). The van der Waals surface area contributed by atoms with E-state index in [1.54, 1.807) is 12.3 Å². The van der Waals surface area contributed by atoms with Crippen molar-refractivity contribution in [1.82, 2.24) is 14.6 Å². The van der Waals surface area contributed by atoms with E-state index in [9.17, 15) is 22.3 Å². The molecule has 0 saturated heterocycles. The van der Waals surface area contributed by atoms with Gasteiger partial charge < -0.3 is 19.6 Å². The lowest BCUT2D eigenvalue weighted by Crippen LogP contribution is -2.32. The predicted octanol–water partition coefficient (Wildman–Crippen LogP) is 5.00. The van der Waals surface area contributed by atoms with Crippen molar-refractivity contribution in [2.75, 3.05) is 31.5 Å². The summed E-state index contributed by atoms with van der Waals surface area (Å²) in [6.07, 6.45) is 0.383. The summed E-state index contributed by atoms with van der Waals surface area (Å²) in [5.41, 5.74) is 0.886. The van der Waals surface area contributed by atoms with E-state index in [-0.39, 0.29) is 28.8 Å². The van der Waals surface area contributed by atoms with Crippen LogP contribution in [-0.2, 0) is 10.0 Å². The van der Waals surface area contributed by atoms with E-state index in [4.69, 9.17) is 4.42 Å². The largest absolute Gasteiger partial charge is 0.468 e. The van der Waals surface area contributed by atoms with Crippen LogP contribution in [-0.4, -0.2) is 56.2 Å². The maximum absolute atomic E-state index is 12.9. The molecule has 39 heavy (non-hydrogen) atoms. The van der Waals surface area contributed by atoms with Crippen LogP contribution in [0.2, 0.25) is 0 Å². The summed E-state index contributed by atoms with van der Waals surface area (Å²) < 4.78 is 63.8. The Labute approximate surface area is 229 Å². The molecule has 0 bridgehead atoms. The fraction of sp³-hybridized carbons (Fsp3) is 0.346. The predicted molar refractivity (Wildman–Crippen MR) is 146 cm³/mol. The number of thiazole rings is 1. The molecule has 0 amide bonds. The van der Waals surface area contributed by atoms with Gasteiger partial charge in [-0.1, -0.05) is 37.3 Å². The number of anilines is 1. The van der Waals surface area contributed by atoms with Crippen molar-refractivity contribution < 1.29 is 31.5 Å². The molecule has 0 radical (unpaired) electrons. The highest BCUT2D eigenvalue weighted by Gasteiger charge is 2.22. The number of fused-ring (bicyclic) bond motifs is 1. The van der Waals surface area contributed by atoms with Crippen LogP contribution < -0.4 is 14.8 Å². The monoisotopic (exact) mass is 580 g/mol. The second-order valence-corrected chi connectivity index (χ2v) is 11.4. The third-order valence-corrected chi connectivity index (χ3v) is 8.57. The van der Waals surface area contributed by atoms with E-state index in [2.05, 4.69) is 38.5 Å². The summed E-state index contributed by atoms with van der Waals surface area (Å²) in [4.78, 5) is 6.87. The Morgan fingerprint density at radius 1 is 1.10 bits per heavy atom. The van der Waals surface area contributed by atoms with E-state index in [0.717, 1.165) is 18.8 Å². The Bertz CT molecular complexity index is 1460. The zero-order valence-electron chi connectivity index (χ0n) is 21.4. The summed E-state index contributed by atoms with van der Waals surface area (Å²) in [6, 6.07) is 13.9. The van der Waals surface area contributed by atoms with Gasteiger partial charge in [0, 0.05) is 13.1 Å². The first-order valence-electron chi connectivity index (χ1n) is 12.3. The van der Waals surface area contributed by atoms with Gasteiger partial charge in [-0.05, 0) is 61.1 Å². The second kappa shape index (κ2) is 12.8. The topological polar surface area (TPSA) is 117 Å². The number of aliphatic hydroxyl groups is 1. The van der Waals surface area contributed by atoms with Crippen LogP contribution in [0.4, 0.5) is 13.9 Å². The fourth-order valence-electron chi connectivity index (χ4n) is 4.17. The fourth-order valence-corrected chi connectivity index (χ4v) is 6.23. The summed E-state index contributed by atoms with van der Waals surface area (Å²) in [5.74, 6) is 0.722. The zero-order chi connectivity index (χ0) is 28.0. The van der Waals surface area contributed by atoms with E-state index in [1.807, 2.05) is 12.1 Å². The molecule has 13 heteroatoms. The van der Waals surface area contributed by atoms with Gasteiger partial charge in [0.25, 0.3) is 0 Å². The minimum absolute atomic E-state index is 0.0104. The van der Waals surface area contributed by atoms with Crippen LogP contribution >= 0.6 is 11.3 Å². The molecule has 2 aromatic heterocycles. The first kappa shape index (κ1) is 28.9. The number of sulfonamides is 1. The summed E-state index contributed by atoms with van der Waals surface area (Å²) in [7, 11) is -3.97. The van der Waals surface area contributed by atoms with Crippen molar-refractivity contribution in [2.24, 2.45) is 0 Å². The molecule has 4 rings (SSSR count). The highest BCUT2D eigenvalue weighted by Crippen LogP contribution is 2.30. The number of likely N-dealkylation sites (N-methyl/N-ethyl adjacent to an activating group) is 1. The van der Waals surface area contributed by atoms with Crippen molar-refractivity contribution in [3.8, 4) is 5.75 Å². The maximum Gasteiger partial charge on any atom is 0.387 e. The first-order chi connectivity index (χ1) is 18.7. The van der Waals surface area contributed by atoms with E-state index in [1.165, 1.54) is 47.7 Å². The van der Waals surface area contributed by atoms with Crippen molar-refractivity contribution in [1.29, 1.82) is 0 Å². The molecule has 2 aromatic carbocycles. The molecule has 0 aliphatic rings. The van der Waals surface area contributed by atoms with Crippen LogP contribution in [0.1, 0.15) is 37.3 Å². The molecule has 3 N–H and O–H groups in total. The number of nitrogens with zero attached hydrogens (tertiary/aromatic N) is 2. The number of aliphatic hydroxyl groups excluding tert-OH is 1. The number of ether oxygens (including phenoxy) is 1. The molecular formula is C26H30F2N4O5S2. The number of halogens is 2. The number of benzene rings is 2. The normalized spacial score (nSPS) is 13.7. The summed E-state index contributed by atoms with van der Waals surface area (Å²) >= 11 is 1.33. The molecule has 0 fully saturated rings. The lowest BCUT2D eigenvalue weighted by molar-refractivity contribution is -0.0499. The van der Waals surface area contributed by atoms with Crippen molar-refractivity contribution in [3.05, 3.63) is 72.2 Å². The highest BCUT2D eigenvalue weighted by molar-refractivity contribution is 7.89. The SMILES string of the molecule is CCN(CC)C(CNc1nc2ccc(S(=O)(=O)NCC(O)c3cccc(OC(F)F)c3)cc2s1)c1ccco1. The lowest BCUT2D eigenvalue weighted by Gasteiger charge is -2.28. The van der Waals surface area contributed by atoms with Gasteiger partial charge in [0.15, 0.2) is 5.13 Å². The Balaban J connectivity index is 1.43. The van der Waals surface area contributed by atoms with E-state index >= 15 is 0 Å². The van der Waals surface area contributed by atoms with Crippen LogP contribution in [0, 0.1) is 0 Å². The van der Waals surface area contributed by atoms with Gasteiger partial charge >= 0.3 is 6.61 Å². The second-order valence-electron chi connectivity index (χ2n) is 8.60. The first-order valence-corrected chi connectivity index (χ1v) is 14.6. The number of rotatable bonds is 14. The zero-order valence-corrected chi connectivity index (χ0v) is 23.0. The number of nitrogens with one attached hydrogen (secondary N) is 2. The van der Waals surface area contributed by atoms with Gasteiger partial charge in [-0.15, -0.1) is 0 Å². The van der Waals surface area contributed by atoms with Gasteiger partial charge in [0.05, 0.1) is 33.5 Å². The Kier molecular flexibility index (Phi) is 9.51. The molecule has 210 valence electrons. The molecule has 2 atom stereocenters. The quantitative estimate of drug-likeness (QED) is 0.191. The molecule has 0 spiro atoms. The number of hydrogen-bond donors (Lipinski definition) is 3. The summed E-state index contributed by atoms with van der Waals surface area (Å²) in [5, 5.41) is 14.4. The van der Waals surface area contributed by atoms with Gasteiger partial charge in [-0.2, -0.15) is 8.78 Å². The molecule has 0 saturated carbocycles. The molecule has 4 aromatic rings. The smallest absolute Gasteiger partial charge is 0.387 e. The van der Waals surface area contributed by atoms with Crippen molar-refractivity contribution in [2.45, 2.75) is 37.5 Å². The number of aromatic nitrogens is 1. The molecule has 2 heterocycles. The van der Waals surface area contributed by atoms with E-state index < -0.39 is 22.7 Å².